The number of aromatic amines is 1. The van der Waals surface area contributed by atoms with Crippen LogP contribution in [-0.2, 0) is 5.54 Å². The van der Waals surface area contributed by atoms with E-state index >= 15 is 0 Å². The van der Waals surface area contributed by atoms with Gasteiger partial charge < -0.3 is 4.98 Å². The largest absolute Gasteiger partial charge is 0.362 e. The number of nitrogens with zero attached hydrogens (tertiary/aromatic N) is 4. The summed E-state index contributed by atoms with van der Waals surface area (Å²) < 4.78 is 0. The van der Waals surface area contributed by atoms with Crippen LogP contribution in [-0.4, -0.2) is 21.7 Å². The minimum Gasteiger partial charge on any atom is -0.362 e. The van der Waals surface area contributed by atoms with Gasteiger partial charge in [0.1, 0.15) is 0 Å². The minimum absolute atomic E-state index is 0.319. The summed E-state index contributed by atoms with van der Waals surface area (Å²) in [5.41, 5.74) is 11.6. The average molecular weight is 366 g/mol. The van der Waals surface area contributed by atoms with E-state index in [2.05, 4.69) is 10.1 Å². The number of para-hydroxylation sites is 1. The van der Waals surface area contributed by atoms with Gasteiger partial charge in [-0.1, -0.05) is 54.6 Å². The van der Waals surface area contributed by atoms with Crippen molar-refractivity contribution >= 4 is 23.2 Å². The van der Waals surface area contributed by atoms with Crippen LogP contribution < -0.4 is 0 Å². The lowest BCUT2D eigenvalue weighted by Crippen LogP contribution is -2.42. The number of aliphatic imine (C=N–C) groups is 2. The summed E-state index contributed by atoms with van der Waals surface area (Å²) in [6, 6.07) is 22.0. The Morgan fingerprint density at radius 3 is 2.54 bits per heavy atom. The number of benzene rings is 2. The zero-order chi connectivity index (χ0) is 19.1. The molecule has 1 atom stereocenters. The molecular weight excluding hydrogens is 348 g/mol. The van der Waals surface area contributed by atoms with Crippen LogP contribution in [0.3, 0.4) is 0 Å². The van der Waals surface area contributed by atoms with Gasteiger partial charge in [-0.25, -0.2) is 15.5 Å². The maximum Gasteiger partial charge on any atom is 0.251 e. The molecule has 0 amide bonds. The smallest absolute Gasteiger partial charge is 0.251 e. The number of hydrogen-bond donors (Lipinski definition) is 2. The van der Waals surface area contributed by atoms with E-state index in [1.165, 1.54) is 0 Å². The number of allylic oxidation sites excluding steroid dienone is 1. The number of nitrogens with one attached hydrogen (secondary N) is 2. The first-order chi connectivity index (χ1) is 13.8. The predicted octanol–water partition coefficient (Wildman–Crippen LogP) is 5.07. The van der Waals surface area contributed by atoms with Crippen LogP contribution in [0, 0.1) is 5.53 Å². The molecule has 2 aliphatic rings. The lowest BCUT2D eigenvalue weighted by atomic mass is 9.85. The van der Waals surface area contributed by atoms with Gasteiger partial charge in [-0.15, -0.1) is 5.11 Å². The molecule has 0 aliphatic carbocycles. The zero-order valence-electron chi connectivity index (χ0n) is 15.3. The Morgan fingerprint density at radius 1 is 1.04 bits per heavy atom. The molecule has 0 spiro atoms. The Balaban J connectivity index is 1.88. The van der Waals surface area contributed by atoms with Crippen LogP contribution in [0.25, 0.3) is 5.70 Å². The van der Waals surface area contributed by atoms with Crippen molar-refractivity contribution < 1.29 is 0 Å². The van der Waals surface area contributed by atoms with Crippen molar-refractivity contribution in [3.63, 3.8) is 0 Å². The summed E-state index contributed by atoms with van der Waals surface area (Å²) in [6.45, 7) is 1.98. The van der Waals surface area contributed by atoms with E-state index in [-0.39, 0.29) is 0 Å². The van der Waals surface area contributed by atoms with Crippen molar-refractivity contribution in [2.45, 2.75) is 12.5 Å². The average Bonchev–Trinajstić information content (AvgIpc) is 3.40. The lowest BCUT2D eigenvalue weighted by molar-refractivity contribution is 0.691. The molecule has 2 aliphatic heterocycles. The zero-order valence-corrected chi connectivity index (χ0v) is 15.3. The Kier molecular flexibility index (Phi) is 3.58. The first-order valence-corrected chi connectivity index (χ1v) is 9.11. The van der Waals surface area contributed by atoms with Crippen molar-refractivity contribution in [3.8, 4) is 0 Å². The maximum atomic E-state index is 7.80. The molecule has 2 N–H and O–H groups in total. The fraction of sp³-hybridized carbons (Fsp3) is 0.0909. The molecule has 0 radical (unpaired) electrons. The molecule has 0 fully saturated rings. The fourth-order valence-corrected chi connectivity index (χ4v) is 4.01. The van der Waals surface area contributed by atoms with Crippen LogP contribution >= 0.6 is 0 Å². The fourth-order valence-electron chi connectivity index (χ4n) is 4.01. The van der Waals surface area contributed by atoms with Crippen molar-refractivity contribution in [1.29, 1.82) is 5.53 Å². The number of aromatic nitrogens is 1. The van der Waals surface area contributed by atoms with E-state index in [1.807, 2.05) is 90.8 Å². The van der Waals surface area contributed by atoms with Crippen molar-refractivity contribution in [3.05, 3.63) is 95.8 Å². The molecule has 3 aromatic rings. The Bertz CT molecular complexity index is 1140. The van der Waals surface area contributed by atoms with E-state index in [0.29, 0.717) is 5.96 Å². The number of H-pyrrole nitrogens is 1. The highest BCUT2D eigenvalue weighted by Gasteiger charge is 2.52. The molecule has 6 heteroatoms. The number of amidine groups is 1. The predicted molar refractivity (Wildman–Crippen MR) is 110 cm³/mol. The van der Waals surface area contributed by atoms with Crippen molar-refractivity contribution in [2.24, 2.45) is 15.1 Å². The van der Waals surface area contributed by atoms with E-state index in [4.69, 9.17) is 15.5 Å². The van der Waals surface area contributed by atoms with Crippen molar-refractivity contribution in [1.82, 2.24) is 9.88 Å². The molecule has 2 aromatic carbocycles. The summed E-state index contributed by atoms with van der Waals surface area (Å²) in [6.07, 6.45) is 3.90. The topological polar surface area (TPSA) is 80.0 Å². The summed E-state index contributed by atoms with van der Waals surface area (Å²) in [5, 5.41) is 3.76. The quantitative estimate of drug-likeness (QED) is 0.610. The van der Waals surface area contributed by atoms with Crippen LogP contribution in [0.5, 0.6) is 0 Å². The van der Waals surface area contributed by atoms with Crippen LogP contribution in [0.1, 0.15) is 23.7 Å². The van der Waals surface area contributed by atoms with E-state index < -0.39 is 5.54 Å². The second kappa shape index (κ2) is 6.13. The monoisotopic (exact) mass is 366 g/mol. The molecule has 1 aromatic heterocycles. The molecular formula is C22H18N6. The van der Waals surface area contributed by atoms with E-state index in [9.17, 15) is 0 Å². The second-order valence-electron chi connectivity index (χ2n) is 6.65. The summed E-state index contributed by atoms with van der Waals surface area (Å²) in [5.74, 6) is 1.04. The van der Waals surface area contributed by atoms with Crippen molar-refractivity contribution in [2.75, 3.05) is 0 Å². The SMILES string of the molecule is C/C=C1/c2ccccc2N=C2N1C(N=N)=NC2(c1ccccc1)c1ccc[nH]1. The third kappa shape index (κ3) is 2.08. The third-order valence-corrected chi connectivity index (χ3v) is 5.20. The van der Waals surface area contributed by atoms with Gasteiger partial charge in [0, 0.05) is 11.8 Å². The highest BCUT2D eigenvalue weighted by molar-refractivity contribution is 6.20. The minimum atomic E-state index is -0.896. The van der Waals surface area contributed by atoms with Gasteiger partial charge in [-0.3, -0.25) is 4.90 Å². The van der Waals surface area contributed by atoms with Gasteiger partial charge in [0.15, 0.2) is 11.4 Å². The molecule has 5 rings (SSSR count). The van der Waals surface area contributed by atoms with Gasteiger partial charge in [-0.05, 0) is 30.7 Å². The normalized spacial score (nSPS) is 21.8. The Hall–Kier alpha value is -3.80. The van der Waals surface area contributed by atoms with Gasteiger partial charge in [-0.2, -0.15) is 0 Å². The molecule has 3 heterocycles. The van der Waals surface area contributed by atoms with Crippen LogP contribution in [0.4, 0.5) is 5.69 Å². The molecule has 6 nitrogen and oxygen atoms in total. The number of rotatable bonds is 2. The lowest BCUT2D eigenvalue weighted by Gasteiger charge is -2.33. The molecule has 0 saturated heterocycles. The van der Waals surface area contributed by atoms with Crippen LogP contribution in [0.15, 0.2) is 94.1 Å². The molecule has 0 bridgehead atoms. The summed E-state index contributed by atoms with van der Waals surface area (Å²) >= 11 is 0. The molecule has 1 unspecified atom stereocenters. The second-order valence-corrected chi connectivity index (χ2v) is 6.65. The van der Waals surface area contributed by atoms with Gasteiger partial charge in [0.05, 0.1) is 17.1 Å². The van der Waals surface area contributed by atoms with Gasteiger partial charge in [0.2, 0.25) is 0 Å². The Labute approximate surface area is 162 Å². The first-order valence-electron chi connectivity index (χ1n) is 9.11. The molecule has 28 heavy (non-hydrogen) atoms. The summed E-state index contributed by atoms with van der Waals surface area (Å²) in [7, 11) is 0. The summed E-state index contributed by atoms with van der Waals surface area (Å²) in [4.78, 5) is 15.2. The third-order valence-electron chi connectivity index (χ3n) is 5.20. The van der Waals surface area contributed by atoms with Gasteiger partial charge in [0.25, 0.3) is 5.96 Å². The van der Waals surface area contributed by atoms with Gasteiger partial charge >= 0.3 is 0 Å². The Morgan fingerprint density at radius 2 is 1.82 bits per heavy atom. The number of guanidine groups is 1. The molecule has 136 valence electrons. The highest BCUT2D eigenvalue weighted by Crippen LogP contribution is 2.47. The van der Waals surface area contributed by atoms with Crippen LogP contribution in [0.2, 0.25) is 0 Å². The van der Waals surface area contributed by atoms with E-state index in [1.54, 1.807) is 0 Å². The standard InChI is InChI=1S/C22H18N6/c1-2-18-16-11-6-7-12-17(16)25-20-22(19-13-8-14-24-19,15-9-4-3-5-10-15)26-21(27-23)28(18)20/h2-14,23-24H,1H3/b18-2-,27-23?. The highest BCUT2D eigenvalue weighted by atomic mass is 15.4. The first kappa shape index (κ1) is 16.4. The number of hydrogen-bond acceptors (Lipinski definition) is 5. The van der Waals surface area contributed by atoms with E-state index in [0.717, 1.165) is 34.0 Å². The maximum absolute atomic E-state index is 7.80. The number of fused-ring (bicyclic) bond motifs is 2. The molecule has 0 saturated carbocycles.